The molecular formula is C21H30N4O6S. The predicted molar refractivity (Wildman–Crippen MR) is 118 cm³/mol. The molecule has 3 rings (SSSR count). The van der Waals surface area contributed by atoms with Crippen molar-refractivity contribution in [3.8, 4) is 5.75 Å². The van der Waals surface area contributed by atoms with Crippen LogP contribution in [0.2, 0.25) is 0 Å². The van der Waals surface area contributed by atoms with E-state index in [9.17, 15) is 20.1 Å². The number of aromatic nitrogens is 3. The Kier molecular flexibility index (Phi) is 7.67. The third kappa shape index (κ3) is 4.86. The lowest BCUT2D eigenvalue weighted by atomic mass is 9.96. The van der Waals surface area contributed by atoms with E-state index in [-0.39, 0.29) is 12.6 Å². The molecular weight excluding hydrogens is 436 g/mol. The van der Waals surface area contributed by atoms with Gasteiger partial charge in [0.05, 0.1) is 6.61 Å². The third-order valence-corrected chi connectivity index (χ3v) is 5.76. The highest BCUT2D eigenvalue weighted by molar-refractivity contribution is 7.71. The summed E-state index contributed by atoms with van der Waals surface area (Å²) in [6.07, 6.45) is -4.90. The molecule has 10 nitrogen and oxygen atoms in total. The minimum absolute atomic E-state index is 0.0568. The summed E-state index contributed by atoms with van der Waals surface area (Å²) in [6.45, 7) is 6.73. The lowest BCUT2D eigenvalue weighted by Crippen LogP contribution is -2.62. The van der Waals surface area contributed by atoms with Crippen molar-refractivity contribution in [2.24, 2.45) is 0 Å². The van der Waals surface area contributed by atoms with Crippen LogP contribution in [0, 0.1) is 11.7 Å². The van der Waals surface area contributed by atoms with Crippen molar-refractivity contribution in [1.82, 2.24) is 19.7 Å². The molecule has 1 aliphatic rings. The molecule has 0 radical (unpaired) electrons. The number of para-hydroxylation sites is 1. The lowest BCUT2D eigenvalue weighted by molar-refractivity contribution is -0.219. The second kappa shape index (κ2) is 10.1. The first-order valence-corrected chi connectivity index (χ1v) is 10.8. The minimum atomic E-state index is -1.40. The van der Waals surface area contributed by atoms with Crippen LogP contribution in [0.15, 0.2) is 24.3 Å². The molecule has 1 fully saturated rings. The van der Waals surface area contributed by atoms with E-state index >= 15 is 0 Å². The maximum absolute atomic E-state index is 11.8. The van der Waals surface area contributed by atoms with Gasteiger partial charge in [0.15, 0.2) is 12.1 Å². The van der Waals surface area contributed by atoms with E-state index in [1.54, 1.807) is 4.57 Å². The van der Waals surface area contributed by atoms with Crippen LogP contribution in [0.3, 0.4) is 0 Å². The van der Waals surface area contributed by atoms with Gasteiger partial charge < -0.3 is 30.1 Å². The molecule has 176 valence electrons. The van der Waals surface area contributed by atoms with E-state index in [0.717, 1.165) is 5.56 Å². The molecule has 1 amide bonds. The first kappa shape index (κ1) is 24.3. The molecule has 4 N–H and O–H groups in total. The van der Waals surface area contributed by atoms with Gasteiger partial charge in [0.1, 0.15) is 36.7 Å². The Hall–Kier alpha value is -2.31. The fourth-order valence-electron chi connectivity index (χ4n) is 3.78. The summed E-state index contributed by atoms with van der Waals surface area (Å²) < 4.78 is 15.3. The molecule has 1 aliphatic heterocycles. The van der Waals surface area contributed by atoms with Gasteiger partial charge in [-0.25, -0.2) is 4.68 Å². The Morgan fingerprint density at radius 2 is 2.00 bits per heavy atom. The van der Waals surface area contributed by atoms with Crippen LogP contribution in [0.4, 0.5) is 0 Å². The smallest absolute Gasteiger partial charge is 0.217 e. The number of nitrogens with zero attached hydrogens (tertiary/aromatic N) is 3. The van der Waals surface area contributed by atoms with Crippen molar-refractivity contribution in [3.63, 3.8) is 0 Å². The molecule has 0 bridgehead atoms. The second-order valence-corrected chi connectivity index (χ2v) is 8.48. The topological polar surface area (TPSA) is 131 Å². The van der Waals surface area contributed by atoms with Gasteiger partial charge in [-0.3, -0.25) is 9.36 Å². The number of aliphatic hydroxyl groups excluding tert-OH is 3. The van der Waals surface area contributed by atoms with E-state index in [2.05, 4.69) is 10.4 Å². The van der Waals surface area contributed by atoms with Crippen molar-refractivity contribution < 1.29 is 29.6 Å². The van der Waals surface area contributed by atoms with Crippen LogP contribution in [-0.2, 0) is 16.1 Å². The van der Waals surface area contributed by atoms with Crippen LogP contribution < -0.4 is 10.1 Å². The van der Waals surface area contributed by atoms with Gasteiger partial charge in [-0.1, -0.05) is 18.2 Å². The highest BCUT2D eigenvalue weighted by Gasteiger charge is 2.46. The fraction of sp³-hybridized carbons (Fsp3) is 0.571. The zero-order chi connectivity index (χ0) is 23.6. The molecule has 1 saturated heterocycles. The molecule has 2 heterocycles. The summed E-state index contributed by atoms with van der Waals surface area (Å²) in [7, 11) is 0. The van der Waals surface area contributed by atoms with Gasteiger partial charge in [0.25, 0.3) is 0 Å². The number of aliphatic hydroxyl groups is 3. The molecule has 0 spiro atoms. The number of rotatable bonds is 7. The van der Waals surface area contributed by atoms with Crippen LogP contribution >= 0.6 is 12.2 Å². The second-order valence-electron chi connectivity index (χ2n) is 8.12. The van der Waals surface area contributed by atoms with Gasteiger partial charge in [-0.15, -0.1) is 0 Å². The SMILES string of the molecule is CC(=O)N[C@@H]1[C@H](O)[C@H](O)[C@@H](CO)O[C@H]1n1nc(COc2ccccc2C)n(C(C)C)c1=S. The molecule has 0 aliphatic carbocycles. The maximum atomic E-state index is 11.8. The number of hydrogen-bond acceptors (Lipinski definition) is 8. The van der Waals surface area contributed by atoms with E-state index < -0.39 is 43.1 Å². The van der Waals surface area contributed by atoms with E-state index in [0.29, 0.717) is 16.3 Å². The Labute approximate surface area is 191 Å². The van der Waals surface area contributed by atoms with Gasteiger partial charge in [0, 0.05) is 13.0 Å². The first-order valence-electron chi connectivity index (χ1n) is 10.4. The van der Waals surface area contributed by atoms with E-state index in [4.69, 9.17) is 21.7 Å². The largest absolute Gasteiger partial charge is 0.485 e. The Morgan fingerprint density at radius 3 is 2.59 bits per heavy atom. The van der Waals surface area contributed by atoms with Gasteiger partial charge in [-0.2, -0.15) is 5.10 Å². The molecule has 11 heteroatoms. The monoisotopic (exact) mass is 466 g/mol. The molecule has 1 aromatic carbocycles. The number of carbonyl (C=O) groups excluding carboxylic acids is 1. The number of nitrogens with one attached hydrogen (secondary N) is 1. The zero-order valence-electron chi connectivity index (χ0n) is 18.5. The Balaban J connectivity index is 1.99. The summed E-state index contributed by atoms with van der Waals surface area (Å²) in [5.74, 6) is 0.821. The average molecular weight is 467 g/mol. The van der Waals surface area contributed by atoms with Crippen molar-refractivity contribution >= 4 is 18.1 Å². The summed E-state index contributed by atoms with van der Waals surface area (Å²) in [6, 6.07) is 6.52. The summed E-state index contributed by atoms with van der Waals surface area (Å²) >= 11 is 5.64. The third-order valence-electron chi connectivity index (χ3n) is 5.38. The van der Waals surface area contributed by atoms with Crippen molar-refractivity contribution in [2.75, 3.05) is 6.61 Å². The van der Waals surface area contributed by atoms with Crippen LogP contribution in [0.5, 0.6) is 5.75 Å². The molecule has 32 heavy (non-hydrogen) atoms. The van der Waals surface area contributed by atoms with Gasteiger partial charge in [0.2, 0.25) is 10.7 Å². The number of benzene rings is 1. The molecule has 2 aromatic rings. The van der Waals surface area contributed by atoms with Gasteiger partial charge in [-0.05, 0) is 44.6 Å². The highest BCUT2D eigenvalue weighted by atomic mass is 32.1. The number of carbonyl (C=O) groups is 1. The molecule has 1 aromatic heterocycles. The Bertz CT molecular complexity index is 1010. The minimum Gasteiger partial charge on any atom is -0.485 e. The quantitative estimate of drug-likeness (QED) is 0.445. The number of aryl methyl sites for hydroxylation is 1. The van der Waals surface area contributed by atoms with Crippen molar-refractivity contribution in [2.45, 2.75) is 70.9 Å². The number of ether oxygens (including phenoxy) is 2. The fourth-order valence-corrected chi connectivity index (χ4v) is 4.24. The summed E-state index contributed by atoms with van der Waals surface area (Å²) in [5.41, 5.74) is 0.978. The maximum Gasteiger partial charge on any atom is 0.217 e. The normalized spacial score (nSPS) is 25.7. The van der Waals surface area contributed by atoms with Gasteiger partial charge >= 0.3 is 0 Å². The highest BCUT2D eigenvalue weighted by Crippen LogP contribution is 2.29. The zero-order valence-corrected chi connectivity index (χ0v) is 19.3. The van der Waals surface area contributed by atoms with E-state index in [1.807, 2.05) is 45.0 Å². The number of amides is 1. The van der Waals surface area contributed by atoms with Crippen molar-refractivity contribution in [3.05, 3.63) is 40.4 Å². The summed E-state index contributed by atoms with van der Waals surface area (Å²) in [5, 5.41) is 37.7. The van der Waals surface area contributed by atoms with Crippen LogP contribution in [-0.4, -0.2) is 66.5 Å². The molecule has 0 saturated carbocycles. The first-order chi connectivity index (χ1) is 15.1. The standard InChI is InChI=1S/C21H30N4O6S/c1-11(2)24-16(10-30-14-8-6-5-7-12(14)3)23-25(21(24)32)20-17(22-13(4)27)19(29)18(28)15(9-26)31-20/h5-8,11,15,17-20,26,28-29H,9-10H2,1-4H3,(H,22,27)/t15-,17-,18-,19+,20-/m1/s1. The van der Waals surface area contributed by atoms with E-state index in [1.165, 1.54) is 11.6 Å². The van der Waals surface area contributed by atoms with Crippen molar-refractivity contribution in [1.29, 1.82) is 0 Å². The lowest BCUT2D eigenvalue weighted by Gasteiger charge is -2.42. The molecule has 5 atom stereocenters. The summed E-state index contributed by atoms with van der Waals surface area (Å²) in [4.78, 5) is 11.8. The van der Waals surface area contributed by atoms with Crippen LogP contribution in [0.1, 0.15) is 44.4 Å². The average Bonchev–Trinajstić information content (AvgIpc) is 3.07. The Morgan fingerprint density at radius 1 is 1.31 bits per heavy atom. The number of hydrogen-bond donors (Lipinski definition) is 4. The predicted octanol–water partition coefficient (Wildman–Crippen LogP) is 0.999. The molecule has 0 unspecified atom stereocenters. The van der Waals surface area contributed by atoms with Crippen LogP contribution in [0.25, 0.3) is 0 Å².